The van der Waals surface area contributed by atoms with E-state index in [-0.39, 0.29) is 81.6 Å². The number of nitrogens with two attached hydrogens (primary N) is 4. The molecule has 1 heterocycles. The van der Waals surface area contributed by atoms with Crippen LogP contribution in [0.4, 0.5) is 0 Å². The van der Waals surface area contributed by atoms with Crippen molar-refractivity contribution in [2.24, 2.45) is 45.7 Å². The molecule has 2 rings (SSSR count). The molecule has 0 bridgehead atoms. The largest absolute Gasteiger partial charge is 0.481 e. The number of hydrogen-bond donors (Lipinski definition) is 19. The maximum Gasteiger partial charge on any atom is 0.326 e. The fraction of sp³-hybridized carbons (Fsp3) is 0.636. The number of aromatic amines is 1. The van der Waals surface area contributed by atoms with E-state index in [9.17, 15) is 73.2 Å². The number of H-pyrrole nitrogens is 1. The Morgan fingerprint density at radius 3 is 1.53 bits per heavy atom. The maximum absolute atomic E-state index is 14.3. The zero-order chi connectivity index (χ0) is 65.0. The highest BCUT2D eigenvalue weighted by Gasteiger charge is 2.37. The molecule has 9 amide bonds. The molecule has 0 spiro atoms. The number of carboxylic acids is 2. The van der Waals surface area contributed by atoms with Gasteiger partial charge in [0.2, 0.25) is 53.2 Å². The SMILES string of the molecule is CC(C)C[C@H](NC(=O)[C@H](CC(C)C)NC(=O)[C@@H](N)CS)C(=O)N[C@H](C(=O)N[C@@H](CCC(=O)O)C(=O)N[C@@H](CCCCN)C(=O)N[C@@H](CO)C(=O)N[C@@H](CCCN=C(N)N)C(=O)N[C@@H](Cc1c[nH]c2ccccc12)C(=O)N[C@H](C(=O)O)C(C)C)[C@@H](C)O. The Labute approximate surface area is 505 Å². The second kappa shape index (κ2) is 37.7. The summed E-state index contributed by atoms with van der Waals surface area (Å²) in [5.74, 6) is -12.6. The fourth-order valence-electron chi connectivity index (χ4n) is 8.81. The van der Waals surface area contributed by atoms with Crippen molar-refractivity contribution in [2.75, 3.05) is 25.4 Å². The van der Waals surface area contributed by atoms with E-state index in [0.29, 0.717) is 22.9 Å². The lowest BCUT2D eigenvalue weighted by Gasteiger charge is -2.29. The second-order valence-electron chi connectivity index (χ2n) is 22.2. The van der Waals surface area contributed by atoms with E-state index in [1.807, 2.05) is 0 Å². The van der Waals surface area contributed by atoms with Crippen LogP contribution in [0.3, 0.4) is 0 Å². The zero-order valence-electron chi connectivity index (χ0n) is 49.9. The number of amides is 9. The van der Waals surface area contributed by atoms with Crippen LogP contribution >= 0.6 is 12.6 Å². The van der Waals surface area contributed by atoms with Crippen molar-refractivity contribution in [3.8, 4) is 0 Å². The number of nitrogens with one attached hydrogen (secondary N) is 10. The van der Waals surface area contributed by atoms with Crippen LogP contribution in [0.1, 0.15) is 112 Å². The molecule has 2 aromatic rings. The predicted molar refractivity (Wildman–Crippen MR) is 321 cm³/mol. The number of hydrogen-bond acceptors (Lipinski definition) is 17. The highest BCUT2D eigenvalue weighted by atomic mass is 32.1. The van der Waals surface area contributed by atoms with E-state index in [0.717, 1.165) is 6.92 Å². The minimum absolute atomic E-state index is 0.0149. The molecule has 0 fully saturated rings. The molecule has 0 unspecified atom stereocenters. The van der Waals surface area contributed by atoms with Crippen LogP contribution < -0.4 is 70.8 Å². The van der Waals surface area contributed by atoms with Crippen molar-refractivity contribution in [1.82, 2.24) is 52.8 Å². The zero-order valence-corrected chi connectivity index (χ0v) is 50.7. The van der Waals surface area contributed by atoms with Gasteiger partial charge in [-0.05, 0) is 94.2 Å². The minimum atomic E-state index is -1.82. The summed E-state index contributed by atoms with van der Waals surface area (Å²) in [4.78, 5) is 156. The Morgan fingerprint density at radius 2 is 1.03 bits per heavy atom. The number of benzene rings is 1. The molecule has 1 aromatic carbocycles. The molecular weight excluding hydrogens is 1140 g/mol. The van der Waals surface area contributed by atoms with Gasteiger partial charge in [-0.1, -0.05) is 59.7 Å². The number of aromatic nitrogens is 1. The smallest absolute Gasteiger partial charge is 0.326 e. The van der Waals surface area contributed by atoms with Crippen molar-refractivity contribution >= 4 is 94.6 Å². The normalized spacial score (nSPS) is 15.2. The Bertz CT molecular complexity index is 2630. The lowest BCUT2D eigenvalue weighted by molar-refractivity contribution is -0.143. The third-order valence-corrected chi connectivity index (χ3v) is 13.9. The lowest BCUT2D eigenvalue weighted by atomic mass is 9.99. The van der Waals surface area contributed by atoms with Gasteiger partial charge in [0, 0.05) is 42.2 Å². The maximum atomic E-state index is 14.3. The molecule has 86 heavy (non-hydrogen) atoms. The fourth-order valence-corrected chi connectivity index (χ4v) is 8.98. The summed E-state index contributed by atoms with van der Waals surface area (Å²) in [6, 6.07) is -7.65. The van der Waals surface area contributed by atoms with Gasteiger partial charge in [-0.3, -0.25) is 52.9 Å². The van der Waals surface area contributed by atoms with Gasteiger partial charge in [-0.15, -0.1) is 0 Å². The average molecular weight is 1230 g/mol. The number of fused-ring (bicyclic) bond motifs is 1. The van der Waals surface area contributed by atoms with Crippen molar-refractivity contribution in [3.05, 3.63) is 36.0 Å². The summed E-state index contributed by atoms with van der Waals surface area (Å²) < 4.78 is 0. The molecule has 482 valence electrons. The Balaban J connectivity index is 2.47. The van der Waals surface area contributed by atoms with Gasteiger partial charge in [0.1, 0.15) is 54.4 Å². The molecular formula is C55H91N15O15S. The van der Waals surface area contributed by atoms with Gasteiger partial charge in [0.15, 0.2) is 5.96 Å². The van der Waals surface area contributed by atoms with E-state index in [2.05, 4.69) is 70.5 Å². The summed E-state index contributed by atoms with van der Waals surface area (Å²) in [6.07, 6.45) is -1.12. The molecule has 31 heteroatoms. The van der Waals surface area contributed by atoms with Crippen molar-refractivity contribution in [2.45, 2.75) is 179 Å². The first-order chi connectivity index (χ1) is 40.4. The van der Waals surface area contributed by atoms with Gasteiger partial charge in [-0.2, -0.15) is 12.6 Å². The number of rotatable bonds is 40. The molecule has 30 nitrogen and oxygen atoms in total. The number of thiol groups is 1. The van der Waals surface area contributed by atoms with Crippen LogP contribution in [0.15, 0.2) is 35.5 Å². The van der Waals surface area contributed by atoms with Crippen molar-refractivity contribution in [3.63, 3.8) is 0 Å². The highest BCUT2D eigenvalue weighted by molar-refractivity contribution is 7.80. The third kappa shape index (κ3) is 25.9. The molecule has 11 atom stereocenters. The molecule has 0 saturated heterocycles. The van der Waals surface area contributed by atoms with E-state index in [4.69, 9.17) is 22.9 Å². The van der Waals surface area contributed by atoms with E-state index in [1.165, 1.54) is 0 Å². The quantitative estimate of drug-likeness (QED) is 0.0134. The number of aliphatic hydroxyl groups excluding tert-OH is 2. The van der Waals surface area contributed by atoms with Gasteiger partial charge in [0.05, 0.1) is 18.8 Å². The van der Waals surface area contributed by atoms with Crippen LogP contribution in [0, 0.1) is 17.8 Å². The summed E-state index contributed by atoms with van der Waals surface area (Å²) in [6.45, 7) is 10.5. The van der Waals surface area contributed by atoms with E-state index >= 15 is 0 Å². The van der Waals surface area contributed by atoms with Gasteiger partial charge >= 0.3 is 11.9 Å². The number of unbranched alkanes of at least 4 members (excludes halogenated alkanes) is 1. The summed E-state index contributed by atoms with van der Waals surface area (Å²) >= 11 is 4.04. The third-order valence-electron chi connectivity index (χ3n) is 13.5. The monoisotopic (exact) mass is 1230 g/mol. The number of aliphatic carboxylic acids is 2. The molecule has 0 radical (unpaired) electrons. The number of carbonyl (C=O) groups excluding carboxylic acids is 9. The number of para-hydroxylation sites is 1. The van der Waals surface area contributed by atoms with Crippen LogP contribution in [0.2, 0.25) is 0 Å². The lowest BCUT2D eigenvalue weighted by Crippen LogP contribution is -2.62. The molecule has 0 saturated carbocycles. The van der Waals surface area contributed by atoms with Gasteiger partial charge in [0.25, 0.3) is 0 Å². The Morgan fingerprint density at radius 1 is 0.581 bits per heavy atom. The topological polar surface area (TPSA) is 509 Å². The van der Waals surface area contributed by atoms with Gasteiger partial charge in [-0.25, -0.2) is 4.79 Å². The van der Waals surface area contributed by atoms with Crippen LogP contribution in [-0.4, -0.2) is 188 Å². The molecule has 0 aliphatic carbocycles. The van der Waals surface area contributed by atoms with Crippen molar-refractivity contribution < 1.29 is 73.2 Å². The second-order valence-corrected chi connectivity index (χ2v) is 22.5. The Kier molecular flexibility index (Phi) is 32.7. The van der Waals surface area contributed by atoms with Gasteiger partial charge < -0.3 is 96.2 Å². The first-order valence-corrected chi connectivity index (χ1v) is 29.2. The van der Waals surface area contributed by atoms with Crippen LogP contribution in [0.5, 0.6) is 0 Å². The van der Waals surface area contributed by atoms with Crippen molar-refractivity contribution in [1.29, 1.82) is 0 Å². The number of guanidine groups is 1. The van der Waals surface area contributed by atoms with E-state index < -0.39 is 157 Å². The van der Waals surface area contributed by atoms with Crippen LogP contribution in [0.25, 0.3) is 10.9 Å². The molecule has 1 aromatic heterocycles. The first kappa shape index (κ1) is 74.5. The number of aliphatic imine (C=N–C) groups is 1. The number of aliphatic hydroxyl groups is 2. The predicted octanol–water partition coefficient (Wildman–Crippen LogP) is -3.42. The first-order valence-electron chi connectivity index (χ1n) is 28.6. The summed E-state index contributed by atoms with van der Waals surface area (Å²) in [5.41, 5.74) is 23.8. The average Bonchev–Trinajstić information content (AvgIpc) is 2.40. The highest BCUT2D eigenvalue weighted by Crippen LogP contribution is 2.20. The number of carboxylic acid groups (broad SMARTS) is 2. The molecule has 22 N–H and O–H groups in total. The summed E-state index contributed by atoms with van der Waals surface area (Å²) in [7, 11) is 0. The summed E-state index contributed by atoms with van der Waals surface area (Å²) in [5, 5.41) is 64.0. The number of nitrogens with zero attached hydrogens (tertiary/aromatic N) is 1. The standard InChI is InChI=1S/C55H91N15O15S/c1-27(2)21-38(65-45(75)33(57)26-86)49(79)66-39(22-28(3)4)50(80)70-44(30(7)72)53(83)64-37(17-18-42(73)74)48(78)62-35(15-10-11-19-56)47(77)68-41(25-71)52(82)63-36(16-12-20-60-55(58)59)46(76)67-40(51(81)69-43(29(5)6)54(84)85)23-31-24-61-34-14-9-8-13-32(31)34/h8-9,13-14,24,27-30,33,35-41,43-44,61,71-72,86H,10-12,15-23,25-26,56-57H2,1-7H3,(H,62,78)(H,63,82)(H,64,83)(H,65,75)(H,66,79)(H,67,76)(H,68,77)(H,69,81)(H,70,80)(H,73,74)(H,84,85)(H4,58,59,60)/t30-,33+,35+,36+,37+,38+,39+,40+,41+,43+,44+/m1/s1. The minimum Gasteiger partial charge on any atom is -0.481 e. The Hall–Kier alpha value is -7.61. The molecule has 0 aliphatic rings. The number of carbonyl (C=O) groups is 11. The van der Waals surface area contributed by atoms with E-state index in [1.54, 1.807) is 72.0 Å². The van der Waals surface area contributed by atoms with Crippen LogP contribution in [-0.2, 0) is 59.2 Å². The molecule has 0 aliphatic heterocycles.